The Morgan fingerprint density at radius 1 is 1.19 bits per heavy atom. The molecule has 0 unspecified atom stereocenters. The lowest BCUT2D eigenvalue weighted by atomic mass is 9.72. The van der Waals surface area contributed by atoms with E-state index in [0.29, 0.717) is 17.2 Å². The molecule has 3 fully saturated rings. The number of pyridine rings is 1. The zero-order chi connectivity index (χ0) is 17.8. The van der Waals surface area contributed by atoms with E-state index in [1.165, 1.54) is 18.4 Å². The first-order chi connectivity index (χ1) is 12.7. The lowest BCUT2D eigenvalue weighted by Gasteiger charge is -2.48. The Labute approximate surface area is 156 Å². The topological polar surface area (TPSA) is 45.7 Å². The number of aromatic nitrogens is 1. The summed E-state index contributed by atoms with van der Waals surface area (Å²) >= 11 is 0. The number of carbonyl (C=O) groups excluding carboxylic acids is 1. The summed E-state index contributed by atoms with van der Waals surface area (Å²) in [5.41, 5.74) is 1.65. The number of hydrogen-bond acceptors (Lipinski definition) is 4. The molecule has 5 nitrogen and oxygen atoms in total. The van der Waals surface area contributed by atoms with E-state index in [0.717, 1.165) is 71.6 Å². The second-order valence-electron chi connectivity index (χ2n) is 8.47. The van der Waals surface area contributed by atoms with Crippen LogP contribution in [-0.4, -0.2) is 60.1 Å². The van der Waals surface area contributed by atoms with E-state index in [4.69, 9.17) is 4.74 Å². The molecule has 0 aliphatic carbocycles. The van der Waals surface area contributed by atoms with Crippen molar-refractivity contribution in [1.82, 2.24) is 14.8 Å². The van der Waals surface area contributed by atoms with Crippen LogP contribution < -0.4 is 0 Å². The molecule has 1 aromatic heterocycles. The Morgan fingerprint density at radius 3 is 2.73 bits per heavy atom. The average Bonchev–Trinajstić information content (AvgIpc) is 2.69. The number of amides is 1. The molecule has 4 heterocycles. The molecule has 0 bridgehead atoms. The highest BCUT2D eigenvalue weighted by molar-refractivity contribution is 5.77. The van der Waals surface area contributed by atoms with Crippen molar-refractivity contribution in [2.75, 3.05) is 39.4 Å². The predicted octanol–water partition coefficient (Wildman–Crippen LogP) is 2.71. The van der Waals surface area contributed by atoms with Crippen LogP contribution in [0.15, 0.2) is 24.5 Å². The number of piperidine rings is 2. The van der Waals surface area contributed by atoms with Crippen LogP contribution >= 0.6 is 0 Å². The molecule has 3 saturated heterocycles. The molecule has 142 valence electrons. The van der Waals surface area contributed by atoms with Gasteiger partial charge in [0.05, 0.1) is 0 Å². The van der Waals surface area contributed by atoms with Crippen LogP contribution in [0.2, 0.25) is 0 Å². The molecular weight excluding hydrogens is 326 g/mol. The summed E-state index contributed by atoms with van der Waals surface area (Å²) in [5, 5.41) is 0. The highest BCUT2D eigenvalue weighted by Gasteiger charge is 2.41. The molecule has 1 aromatic rings. The predicted molar refractivity (Wildman–Crippen MR) is 101 cm³/mol. The maximum atomic E-state index is 12.5. The molecule has 0 radical (unpaired) electrons. The van der Waals surface area contributed by atoms with E-state index in [-0.39, 0.29) is 0 Å². The van der Waals surface area contributed by atoms with Gasteiger partial charge in [-0.05, 0) is 68.2 Å². The first-order valence-electron chi connectivity index (χ1n) is 10.2. The van der Waals surface area contributed by atoms with Gasteiger partial charge in [-0.1, -0.05) is 6.07 Å². The Kier molecular flexibility index (Phi) is 5.55. The molecule has 1 amide bonds. The highest BCUT2D eigenvalue weighted by Crippen LogP contribution is 2.41. The first kappa shape index (κ1) is 17.9. The standard InChI is InChI=1S/C21H31N3O2/c25-20-3-6-21(17-24(20)16-18-4-12-26-13-5-18)7-10-23(11-8-21)15-19-2-1-9-22-14-19/h1-2,9,14,18H,3-8,10-13,15-17H2. The Bertz CT molecular complexity index is 593. The minimum Gasteiger partial charge on any atom is -0.381 e. The van der Waals surface area contributed by atoms with Gasteiger partial charge in [-0.3, -0.25) is 14.7 Å². The molecule has 4 rings (SSSR count). The lowest BCUT2D eigenvalue weighted by Crippen LogP contribution is -2.52. The smallest absolute Gasteiger partial charge is 0.222 e. The molecule has 26 heavy (non-hydrogen) atoms. The molecule has 5 heteroatoms. The average molecular weight is 357 g/mol. The van der Waals surface area contributed by atoms with Gasteiger partial charge in [0.25, 0.3) is 0 Å². The third kappa shape index (κ3) is 4.26. The normalized spacial score (nSPS) is 24.9. The molecule has 0 saturated carbocycles. The van der Waals surface area contributed by atoms with Crippen LogP contribution in [0.25, 0.3) is 0 Å². The van der Waals surface area contributed by atoms with Crippen LogP contribution in [0.4, 0.5) is 0 Å². The van der Waals surface area contributed by atoms with Gasteiger partial charge in [-0.2, -0.15) is 0 Å². The quantitative estimate of drug-likeness (QED) is 0.831. The Hall–Kier alpha value is -1.46. The van der Waals surface area contributed by atoms with Crippen molar-refractivity contribution in [3.63, 3.8) is 0 Å². The van der Waals surface area contributed by atoms with Crippen LogP contribution in [0.5, 0.6) is 0 Å². The molecular formula is C21H31N3O2. The minimum atomic E-state index is 0.352. The van der Waals surface area contributed by atoms with E-state index in [1.807, 2.05) is 18.5 Å². The summed E-state index contributed by atoms with van der Waals surface area (Å²) in [6.07, 6.45) is 10.3. The van der Waals surface area contributed by atoms with E-state index >= 15 is 0 Å². The van der Waals surface area contributed by atoms with Gasteiger partial charge in [0.15, 0.2) is 0 Å². The zero-order valence-electron chi connectivity index (χ0n) is 15.7. The number of carbonyl (C=O) groups is 1. The van der Waals surface area contributed by atoms with Gasteiger partial charge < -0.3 is 9.64 Å². The maximum Gasteiger partial charge on any atom is 0.222 e. The van der Waals surface area contributed by atoms with E-state index in [1.54, 1.807) is 0 Å². The van der Waals surface area contributed by atoms with Crippen molar-refractivity contribution in [3.05, 3.63) is 30.1 Å². The van der Waals surface area contributed by atoms with Crippen molar-refractivity contribution in [3.8, 4) is 0 Å². The number of rotatable bonds is 4. The van der Waals surface area contributed by atoms with Crippen molar-refractivity contribution in [1.29, 1.82) is 0 Å². The summed E-state index contributed by atoms with van der Waals surface area (Å²) in [6.45, 7) is 6.91. The number of ether oxygens (including phenoxy) is 1. The second-order valence-corrected chi connectivity index (χ2v) is 8.47. The van der Waals surface area contributed by atoms with Gasteiger partial charge in [0, 0.05) is 51.7 Å². The number of hydrogen-bond donors (Lipinski definition) is 0. The molecule has 3 aliphatic rings. The number of likely N-dealkylation sites (tertiary alicyclic amines) is 2. The van der Waals surface area contributed by atoms with Crippen molar-refractivity contribution < 1.29 is 9.53 Å². The fraction of sp³-hybridized carbons (Fsp3) is 0.714. The zero-order valence-corrected chi connectivity index (χ0v) is 15.7. The summed E-state index contributed by atoms with van der Waals surface area (Å²) in [7, 11) is 0. The fourth-order valence-corrected chi connectivity index (χ4v) is 4.85. The van der Waals surface area contributed by atoms with Gasteiger partial charge in [-0.25, -0.2) is 0 Å². The summed E-state index contributed by atoms with van der Waals surface area (Å²) in [5.74, 6) is 1.01. The SMILES string of the molecule is O=C1CCC2(CCN(Cc3cccnc3)CC2)CN1CC1CCOCC1. The van der Waals surface area contributed by atoms with Gasteiger partial charge in [-0.15, -0.1) is 0 Å². The summed E-state index contributed by atoms with van der Waals surface area (Å²) < 4.78 is 5.47. The van der Waals surface area contributed by atoms with Gasteiger partial charge in [0.2, 0.25) is 5.91 Å². The van der Waals surface area contributed by atoms with Gasteiger partial charge >= 0.3 is 0 Å². The molecule has 3 aliphatic heterocycles. The summed E-state index contributed by atoms with van der Waals surface area (Å²) in [6, 6.07) is 4.17. The Balaban J connectivity index is 1.31. The summed E-state index contributed by atoms with van der Waals surface area (Å²) in [4.78, 5) is 21.4. The Morgan fingerprint density at radius 2 is 2.00 bits per heavy atom. The molecule has 1 spiro atoms. The molecule has 0 aromatic carbocycles. The van der Waals surface area contributed by atoms with Crippen LogP contribution in [0, 0.1) is 11.3 Å². The van der Waals surface area contributed by atoms with E-state index in [9.17, 15) is 4.79 Å². The molecule has 0 atom stereocenters. The lowest BCUT2D eigenvalue weighted by molar-refractivity contribution is -0.140. The fourth-order valence-electron chi connectivity index (χ4n) is 4.85. The number of nitrogens with zero attached hydrogens (tertiary/aromatic N) is 3. The van der Waals surface area contributed by atoms with Crippen LogP contribution in [0.3, 0.4) is 0 Å². The van der Waals surface area contributed by atoms with Crippen LogP contribution in [0.1, 0.15) is 44.1 Å². The molecule has 0 N–H and O–H groups in total. The highest BCUT2D eigenvalue weighted by atomic mass is 16.5. The van der Waals surface area contributed by atoms with Crippen LogP contribution in [-0.2, 0) is 16.1 Å². The maximum absolute atomic E-state index is 12.5. The first-order valence-corrected chi connectivity index (χ1v) is 10.2. The third-order valence-corrected chi connectivity index (χ3v) is 6.61. The largest absolute Gasteiger partial charge is 0.381 e. The van der Waals surface area contributed by atoms with E-state index in [2.05, 4.69) is 20.9 Å². The van der Waals surface area contributed by atoms with E-state index < -0.39 is 0 Å². The van der Waals surface area contributed by atoms with Crippen molar-refractivity contribution in [2.45, 2.75) is 45.1 Å². The minimum absolute atomic E-state index is 0.352. The van der Waals surface area contributed by atoms with Gasteiger partial charge in [0.1, 0.15) is 0 Å². The van der Waals surface area contributed by atoms with Crippen molar-refractivity contribution >= 4 is 5.91 Å². The monoisotopic (exact) mass is 357 g/mol. The van der Waals surface area contributed by atoms with Crippen molar-refractivity contribution in [2.24, 2.45) is 11.3 Å². The third-order valence-electron chi connectivity index (χ3n) is 6.61. The second kappa shape index (κ2) is 8.05.